The van der Waals surface area contributed by atoms with E-state index in [1.807, 2.05) is 31.9 Å². The van der Waals surface area contributed by atoms with Crippen molar-refractivity contribution in [2.24, 2.45) is 0 Å². The van der Waals surface area contributed by atoms with Crippen LogP contribution in [-0.4, -0.2) is 58.0 Å². The van der Waals surface area contributed by atoms with Crippen LogP contribution in [0.3, 0.4) is 0 Å². The molecule has 2 unspecified atom stereocenters. The number of anilines is 1. The maximum Gasteiger partial charge on any atom is 0.410 e. The Morgan fingerprint density at radius 1 is 1.31 bits per heavy atom. The summed E-state index contributed by atoms with van der Waals surface area (Å²) in [5.41, 5.74) is -0.232. The van der Waals surface area contributed by atoms with Crippen LogP contribution >= 0.6 is 23.4 Å². The first-order valence-electron chi connectivity index (χ1n) is 8.51. The number of fused-ring (bicyclic) bond motifs is 2. The van der Waals surface area contributed by atoms with Gasteiger partial charge in [-0.25, -0.2) is 14.8 Å². The second kappa shape index (κ2) is 7.12. The van der Waals surface area contributed by atoms with Crippen LogP contribution in [0.4, 0.5) is 10.6 Å². The molecule has 0 spiro atoms. The first-order valence-corrected chi connectivity index (χ1v) is 10.1. The molecule has 2 fully saturated rings. The fourth-order valence-corrected chi connectivity index (χ4v) is 4.13. The highest BCUT2D eigenvalue weighted by molar-refractivity contribution is 7.98. The lowest BCUT2D eigenvalue weighted by atomic mass is 10.1. The van der Waals surface area contributed by atoms with E-state index in [0.29, 0.717) is 24.1 Å². The molecule has 3 rings (SSSR count). The Hall–Kier alpha value is -1.72. The number of thioether (sulfide) groups is 1. The highest BCUT2D eigenvalue weighted by atomic mass is 35.5. The van der Waals surface area contributed by atoms with Crippen LogP contribution in [0.15, 0.2) is 5.16 Å². The fraction of sp³-hybridized carbons (Fsp3) is 0.647. The summed E-state index contributed by atoms with van der Waals surface area (Å²) in [6, 6.07) is 2.20. The molecule has 1 amide bonds. The molecular formula is C17H22ClN5O2S. The number of hydrogen-bond acceptors (Lipinski definition) is 7. The first-order chi connectivity index (χ1) is 12.2. The van der Waals surface area contributed by atoms with E-state index in [2.05, 4.69) is 20.9 Å². The largest absolute Gasteiger partial charge is 0.444 e. The number of hydrogen-bond donors (Lipinski definition) is 0. The molecule has 2 aliphatic rings. The number of aromatic nitrogens is 2. The van der Waals surface area contributed by atoms with Crippen molar-refractivity contribution >= 4 is 35.3 Å². The summed E-state index contributed by atoms with van der Waals surface area (Å²) in [5.74, 6) is 0.553. The molecule has 0 N–H and O–H groups in total. The standard InChI is InChI=1S/C17H22ClN5O2S/c1-17(2,3)25-16(24)23-10-5-6-11(23)9-22(8-10)14-12(7-19)13(18)20-15(21-14)26-4/h10-11H,5-6,8-9H2,1-4H3. The molecule has 7 nitrogen and oxygen atoms in total. The van der Waals surface area contributed by atoms with E-state index < -0.39 is 5.60 Å². The number of carbonyl (C=O) groups excluding carboxylic acids is 1. The van der Waals surface area contributed by atoms with Gasteiger partial charge in [-0.05, 0) is 39.9 Å². The van der Waals surface area contributed by atoms with Gasteiger partial charge in [0.05, 0.1) is 12.1 Å². The number of amides is 1. The second-order valence-electron chi connectivity index (χ2n) is 7.49. The summed E-state index contributed by atoms with van der Waals surface area (Å²) in [6.07, 6.45) is 3.43. The number of rotatable bonds is 2. The predicted molar refractivity (Wildman–Crippen MR) is 101 cm³/mol. The van der Waals surface area contributed by atoms with Crippen molar-refractivity contribution < 1.29 is 9.53 Å². The number of nitriles is 1. The Morgan fingerprint density at radius 2 is 1.92 bits per heavy atom. The van der Waals surface area contributed by atoms with Gasteiger partial charge in [0.1, 0.15) is 17.2 Å². The van der Waals surface area contributed by atoms with Gasteiger partial charge in [0.15, 0.2) is 16.1 Å². The summed E-state index contributed by atoms with van der Waals surface area (Å²) in [4.78, 5) is 25.1. The Morgan fingerprint density at radius 3 is 2.42 bits per heavy atom. The maximum absolute atomic E-state index is 12.6. The number of ether oxygens (including phenoxy) is 1. The molecule has 2 atom stereocenters. The minimum atomic E-state index is -0.519. The predicted octanol–water partition coefficient (Wildman–Crippen LogP) is 3.31. The van der Waals surface area contributed by atoms with Crippen molar-refractivity contribution in [1.29, 1.82) is 5.26 Å². The molecule has 140 valence electrons. The van der Waals surface area contributed by atoms with Crippen molar-refractivity contribution in [2.75, 3.05) is 24.2 Å². The van der Waals surface area contributed by atoms with Crippen LogP contribution in [0.1, 0.15) is 39.2 Å². The van der Waals surface area contributed by atoms with Gasteiger partial charge in [0, 0.05) is 13.1 Å². The Bertz CT molecular complexity index is 747. The second-order valence-corrected chi connectivity index (χ2v) is 8.62. The van der Waals surface area contributed by atoms with Gasteiger partial charge in [-0.3, -0.25) is 4.90 Å². The van der Waals surface area contributed by atoms with Crippen LogP contribution in [-0.2, 0) is 4.74 Å². The van der Waals surface area contributed by atoms with E-state index in [1.165, 1.54) is 11.8 Å². The van der Waals surface area contributed by atoms with Crippen molar-refractivity contribution in [2.45, 2.75) is 56.5 Å². The average molecular weight is 396 g/mol. The molecular weight excluding hydrogens is 374 g/mol. The van der Waals surface area contributed by atoms with Gasteiger partial charge in [-0.1, -0.05) is 23.4 Å². The van der Waals surface area contributed by atoms with Crippen LogP contribution in [0.2, 0.25) is 5.15 Å². The van der Waals surface area contributed by atoms with Gasteiger partial charge >= 0.3 is 6.09 Å². The number of carbonyl (C=O) groups is 1. The SMILES string of the molecule is CSc1nc(Cl)c(C#N)c(N2CC3CCC(C2)N3C(=O)OC(C)(C)C)n1. The molecule has 1 aromatic heterocycles. The molecule has 0 aliphatic carbocycles. The van der Waals surface area contributed by atoms with Crippen LogP contribution in [0.5, 0.6) is 0 Å². The van der Waals surface area contributed by atoms with Crippen LogP contribution in [0, 0.1) is 11.3 Å². The fourth-order valence-electron chi connectivity index (χ4n) is 3.51. The minimum Gasteiger partial charge on any atom is -0.444 e. The van der Waals surface area contributed by atoms with Gasteiger partial charge < -0.3 is 9.64 Å². The third kappa shape index (κ3) is 3.69. The van der Waals surface area contributed by atoms with E-state index in [0.717, 1.165) is 12.8 Å². The molecule has 26 heavy (non-hydrogen) atoms. The molecule has 0 saturated carbocycles. The molecule has 0 radical (unpaired) electrons. The van der Waals surface area contributed by atoms with Crippen LogP contribution in [0.25, 0.3) is 0 Å². The minimum absolute atomic E-state index is 0.0432. The monoisotopic (exact) mass is 395 g/mol. The topological polar surface area (TPSA) is 82.4 Å². The number of nitrogens with zero attached hydrogens (tertiary/aromatic N) is 5. The smallest absolute Gasteiger partial charge is 0.410 e. The first kappa shape index (κ1) is 19.1. The van der Waals surface area contributed by atoms with Crippen molar-refractivity contribution in [3.8, 4) is 6.07 Å². The lowest BCUT2D eigenvalue weighted by Crippen LogP contribution is -2.57. The lowest BCUT2D eigenvalue weighted by molar-refractivity contribution is 0.0122. The summed E-state index contributed by atoms with van der Waals surface area (Å²) in [5, 5.41) is 10.2. The quantitative estimate of drug-likeness (QED) is 0.431. The summed E-state index contributed by atoms with van der Waals surface area (Å²) in [7, 11) is 0. The molecule has 1 aromatic rings. The molecule has 2 aliphatic heterocycles. The molecule has 3 heterocycles. The zero-order chi connectivity index (χ0) is 19.1. The summed E-state index contributed by atoms with van der Waals surface area (Å²) >= 11 is 7.56. The maximum atomic E-state index is 12.6. The van der Waals surface area contributed by atoms with Crippen molar-refractivity contribution in [3.05, 3.63) is 10.7 Å². The van der Waals surface area contributed by atoms with Gasteiger partial charge in [-0.2, -0.15) is 5.26 Å². The Balaban J connectivity index is 1.85. The Labute approximate surface area is 162 Å². The van der Waals surface area contributed by atoms with E-state index in [9.17, 15) is 10.1 Å². The van der Waals surface area contributed by atoms with Gasteiger partial charge in [0.25, 0.3) is 0 Å². The van der Waals surface area contributed by atoms with Crippen LogP contribution < -0.4 is 4.90 Å². The number of piperazine rings is 1. The normalized spacial score (nSPS) is 22.3. The van der Waals surface area contributed by atoms with Crippen molar-refractivity contribution in [3.63, 3.8) is 0 Å². The molecule has 0 aromatic carbocycles. The van der Waals surface area contributed by atoms with E-state index in [4.69, 9.17) is 16.3 Å². The summed E-state index contributed by atoms with van der Waals surface area (Å²) < 4.78 is 5.57. The zero-order valence-electron chi connectivity index (χ0n) is 15.3. The van der Waals surface area contributed by atoms with Gasteiger partial charge in [-0.15, -0.1) is 0 Å². The zero-order valence-corrected chi connectivity index (χ0v) is 16.9. The summed E-state index contributed by atoms with van der Waals surface area (Å²) in [6.45, 7) is 6.82. The molecule has 2 bridgehead atoms. The van der Waals surface area contributed by atoms with E-state index >= 15 is 0 Å². The molecule has 2 saturated heterocycles. The molecule has 9 heteroatoms. The third-order valence-corrected chi connectivity index (χ3v) is 5.33. The van der Waals surface area contributed by atoms with E-state index in [1.54, 1.807) is 0 Å². The highest BCUT2D eigenvalue weighted by Crippen LogP contribution is 2.35. The van der Waals surface area contributed by atoms with E-state index in [-0.39, 0.29) is 28.9 Å². The van der Waals surface area contributed by atoms with Gasteiger partial charge in [0.2, 0.25) is 0 Å². The third-order valence-electron chi connectivity index (χ3n) is 4.51. The van der Waals surface area contributed by atoms with Crippen molar-refractivity contribution in [1.82, 2.24) is 14.9 Å². The Kier molecular flexibility index (Phi) is 5.22. The number of halogens is 1. The average Bonchev–Trinajstić information content (AvgIpc) is 2.83. The lowest BCUT2D eigenvalue weighted by Gasteiger charge is -2.42. The highest BCUT2D eigenvalue weighted by Gasteiger charge is 2.45.